The molecule has 5 rings (SSSR count). The van der Waals surface area contributed by atoms with Gasteiger partial charge in [-0.15, -0.1) is 0 Å². The highest BCUT2D eigenvalue weighted by molar-refractivity contribution is 5.83. The van der Waals surface area contributed by atoms with Crippen LogP contribution in [0.1, 0.15) is 106 Å². The monoisotopic (exact) mass is 500 g/mol. The Morgan fingerprint density at radius 2 is 1.53 bits per heavy atom. The topological polar surface area (TPSA) is 69.7 Å². The van der Waals surface area contributed by atoms with E-state index >= 15 is 0 Å². The Hall–Kier alpha value is -1.39. The maximum Gasteiger partial charge on any atom is 0.302 e. The van der Waals surface area contributed by atoms with Crippen molar-refractivity contribution in [3.8, 4) is 0 Å². The summed E-state index contributed by atoms with van der Waals surface area (Å²) in [6.07, 6.45) is 10.5. The summed E-state index contributed by atoms with van der Waals surface area (Å²) in [7, 11) is 0. The van der Waals surface area contributed by atoms with Gasteiger partial charge in [-0.2, -0.15) is 0 Å². The lowest BCUT2D eigenvalue weighted by molar-refractivity contribution is -0.197. The number of ether oxygens (including phenoxy) is 2. The molecule has 0 aromatic rings. The molecule has 5 fully saturated rings. The summed E-state index contributed by atoms with van der Waals surface area (Å²) in [5, 5.41) is 0. The molecule has 0 spiro atoms. The van der Waals surface area contributed by atoms with Gasteiger partial charge < -0.3 is 9.47 Å². The van der Waals surface area contributed by atoms with E-state index in [1.807, 2.05) is 6.92 Å². The van der Waals surface area contributed by atoms with E-state index < -0.39 is 0 Å². The summed E-state index contributed by atoms with van der Waals surface area (Å²) in [5.41, 5.74) is 0.484. The van der Waals surface area contributed by atoms with Crippen molar-refractivity contribution in [2.75, 3.05) is 0 Å². The summed E-state index contributed by atoms with van der Waals surface area (Å²) in [6.45, 7) is 12.5. The predicted molar refractivity (Wildman–Crippen MR) is 138 cm³/mol. The van der Waals surface area contributed by atoms with Crippen molar-refractivity contribution < 1.29 is 23.9 Å². The van der Waals surface area contributed by atoms with E-state index in [2.05, 4.69) is 20.8 Å². The fourth-order valence-electron chi connectivity index (χ4n) is 10.5. The van der Waals surface area contributed by atoms with Crippen molar-refractivity contribution in [3.63, 3.8) is 0 Å². The van der Waals surface area contributed by atoms with Crippen LogP contribution in [0.4, 0.5) is 0 Å². The number of Topliss-reactive ketones (excluding diaryl/α,β-unsaturated/α-hetero) is 1. The number of hydrogen-bond acceptors (Lipinski definition) is 5. The fraction of sp³-hybridized carbons (Fsp3) is 0.903. The molecule has 0 aromatic heterocycles. The zero-order valence-electron chi connectivity index (χ0n) is 23.4. The first-order chi connectivity index (χ1) is 17.0. The Morgan fingerprint density at radius 1 is 0.861 bits per heavy atom. The smallest absolute Gasteiger partial charge is 0.302 e. The second-order valence-electron chi connectivity index (χ2n) is 13.8. The summed E-state index contributed by atoms with van der Waals surface area (Å²) < 4.78 is 11.8. The van der Waals surface area contributed by atoms with Crippen molar-refractivity contribution in [2.45, 2.75) is 118 Å². The van der Waals surface area contributed by atoms with Gasteiger partial charge in [-0.25, -0.2) is 0 Å². The Kier molecular flexibility index (Phi) is 6.86. The average molecular weight is 501 g/mol. The molecule has 0 heterocycles. The highest BCUT2D eigenvalue weighted by atomic mass is 16.5. The normalized spacial score (nSPS) is 48.1. The molecule has 12 atom stereocenters. The van der Waals surface area contributed by atoms with Crippen LogP contribution in [0.2, 0.25) is 0 Å². The number of fused-ring (bicyclic) bond motifs is 5. The van der Waals surface area contributed by atoms with Crippen molar-refractivity contribution in [2.24, 2.45) is 58.2 Å². The van der Waals surface area contributed by atoms with Crippen LogP contribution in [-0.4, -0.2) is 29.9 Å². The van der Waals surface area contributed by atoms with Gasteiger partial charge in [0, 0.05) is 32.1 Å². The second-order valence-corrected chi connectivity index (χ2v) is 13.8. The number of ketones is 1. The van der Waals surface area contributed by atoms with Crippen LogP contribution in [0.25, 0.3) is 0 Å². The summed E-state index contributed by atoms with van der Waals surface area (Å²) in [6, 6.07) is 0. The molecule has 0 aromatic carbocycles. The molecule has 5 aliphatic carbocycles. The molecule has 0 N–H and O–H groups in total. The molecular formula is C31H48O5. The van der Waals surface area contributed by atoms with E-state index in [0.29, 0.717) is 59.5 Å². The van der Waals surface area contributed by atoms with Crippen LogP contribution in [0, 0.1) is 58.2 Å². The Bertz CT molecular complexity index is 897. The molecule has 0 radical (unpaired) electrons. The third kappa shape index (κ3) is 4.25. The molecule has 5 heteroatoms. The van der Waals surface area contributed by atoms with E-state index in [4.69, 9.17) is 9.47 Å². The van der Waals surface area contributed by atoms with Gasteiger partial charge in [0.25, 0.3) is 0 Å². The highest BCUT2D eigenvalue weighted by Crippen LogP contribution is 2.70. The second kappa shape index (κ2) is 9.42. The van der Waals surface area contributed by atoms with Crippen molar-refractivity contribution >= 4 is 17.7 Å². The number of esters is 2. The molecule has 0 aliphatic heterocycles. The van der Waals surface area contributed by atoms with Gasteiger partial charge in [0.15, 0.2) is 0 Å². The van der Waals surface area contributed by atoms with Gasteiger partial charge in [0.05, 0.1) is 0 Å². The maximum atomic E-state index is 12.4. The van der Waals surface area contributed by atoms with E-state index in [1.165, 1.54) is 32.6 Å². The molecule has 5 saturated carbocycles. The van der Waals surface area contributed by atoms with Gasteiger partial charge in [-0.05, 0) is 104 Å². The number of carbonyl (C=O) groups is 3. The SMILES string of the molecule is CCC(=O)C1CC1C(C)C1CCC2C3C(OC(C)=O)C[C@@H]4C[C@H](OC(C)=O)CC[C@]4(C)C3CC[C@]12C. The third-order valence-electron chi connectivity index (χ3n) is 12.2. The first-order valence-electron chi connectivity index (χ1n) is 14.9. The maximum absolute atomic E-state index is 12.4. The Labute approximate surface area is 217 Å². The van der Waals surface area contributed by atoms with Crippen LogP contribution in [-0.2, 0) is 23.9 Å². The van der Waals surface area contributed by atoms with Crippen LogP contribution in [0.15, 0.2) is 0 Å². The van der Waals surface area contributed by atoms with Gasteiger partial charge in [0.1, 0.15) is 18.0 Å². The molecule has 5 nitrogen and oxygen atoms in total. The zero-order chi connectivity index (χ0) is 26.0. The van der Waals surface area contributed by atoms with Crippen LogP contribution >= 0.6 is 0 Å². The molecule has 202 valence electrons. The molecule has 0 saturated heterocycles. The van der Waals surface area contributed by atoms with E-state index in [-0.39, 0.29) is 35.0 Å². The third-order valence-corrected chi connectivity index (χ3v) is 12.2. The van der Waals surface area contributed by atoms with E-state index in [9.17, 15) is 14.4 Å². The number of rotatable bonds is 6. The van der Waals surface area contributed by atoms with Crippen molar-refractivity contribution in [1.29, 1.82) is 0 Å². The minimum Gasteiger partial charge on any atom is -0.463 e. The van der Waals surface area contributed by atoms with E-state index in [0.717, 1.165) is 32.1 Å². The van der Waals surface area contributed by atoms with Crippen LogP contribution < -0.4 is 0 Å². The summed E-state index contributed by atoms with van der Waals surface area (Å²) in [4.78, 5) is 36.3. The number of hydrogen-bond donors (Lipinski definition) is 0. The first-order valence-corrected chi connectivity index (χ1v) is 14.9. The molecular weight excluding hydrogens is 452 g/mol. The van der Waals surface area contributed by atoms with Gasteiger partial charge >= 0.3 is 11.9 Å². The minimum atomic E-state index is -0.188. The molecule has 0 amide bonds. The molecule has 0 bridgehead atoms. The lowest BCUT2D eigenvalue weighted by Crippen LogP contribution is -2.59. The standard InChI is InChI=1S/C31H48O5/c1-7-27(34)23-16-22(23)17(2)24-8-9-25-29-26(11-13-31(24,25)6)30(5)12-10-21(35-18(3)32)14-20(30)15-28(29)36-19(4)33/h17,20-26,28-29H,7-16H2,1-6H3/t17?,20-,21+,22?,23?,24?,25?,26?,28?,29?,30-,31+/m0/s1. The molecule has 36 heavy (non-hydrogen) atoms. The van der Waals surface area contributed by atoms with Crippen molar-refractivity contribution in [1.82, 2.24) is 0 Å². The fourth-order valence-corrected chi connectivity index (χ4v) is 10.5. The lowest BCUT2D eigenvalue weighted by atomic mass is 9.43. The molecule has 8 unspecified atom stereocenters. The van der Waals surface area contributed by atoms with Crippen LogP contribution in [0.3, 0.4) is 0 Å². The predicted octanol–water partition coefficient (Wildman–Crippen LogP) is 6.37. The highest BCUT2D eigenvalue weighted by Gasteiger charge is 2.65. The van der Waals surface area contributed by atoms with Gasteiger partial charge in [-0.3, -0.25) is 14.4 Å². The first kappa shape index (κ1) is 26.2. The molecule has 5 aliphatic rings. The average Bonchev–Trinajstić information content (AvgIpc) is 3.53. The largest absolute Gasteiger partial charge is 0.463 e. The van der Waals surface area contributed by atoms with Gasteiger partial charge in [0.2, 0.25) is 0 Å². The zero-order valence-corrected chi connectivity index (χ0v) is 23.4. The lowest BCUT2D eigenvalue weighted by Gasteiger charge is -2.62. The van der Waals surface area contributed by atoms with E-state index in [1.54, 1.807) is 6.92 Å². The minimum absolute atomic E-state index is 0.00186. The summed E-state index contributed by atoms with van der Waals surface area (Å²) >= 11 is 0. The Morgan fingerprint density at radius 3 is 2.19 bits per heavy atom. The van der Waals surface area contributed by atoms with Crippen molar-refractivity contribution in [3.05, 3.63) is 0 Å². The Balaban J connectivity index is 1.39. The summed E-state index contributed by atoms with van der Waals surface area (Å²) in [5.74, 6) is 4.22. The number of carbonyl (C=O) groups excluding carboxylic acids is 3. The van der Waals surface area contributed by atoms with Gasteiger partial charge in [-0.1, -0.05) is 27.7 Å². The quantitative estimate of drug-likeness (QED) is 0.396. The van der Waals surface area contributed by atoms with Crippen LogP contribution in [0.5, 0.6) is 0 Å².